The van der Waals surface area contributed by atoms with Gasteiger partial charge in [-0.1, -0.05) is 18.2 Å². The van der Waals surface area contributed by atoms with Gasteiger partial charge in [0.25, 0.3) is 0 Å². The molecule has 0 spiro atoms. The van der Waals surface area contributed by atoms with E-state index in [1.807, 2.05) is 13.0 Å². The predicted molar refractivity (Wildman–Crippen MR) is 59.6 cm³/mol. The molecule has 2 N–H and O–H groups in total. The summed E-state index contributed by atoms with van der Waals surface area (Å²) >= 11 is 0. The van der Waals surface area contributed by atoms with Gasteiger partial charge in [-0.25, -0.2) is 9.18 Å². The van der Waals surface area contributed by atoms with Gasteiger partial charge in [0.1, 0.15) is 5.82 Å². The Bertz CT molecular complexity index is 390. The minimum atomic E-state index is -0.972. The van der Waals surface area contributed by atoms with Crippen LogP contribution in [-0.2, 0) is 4.79 Å². The van der Waals surface area contributed by atoms with Gasteiger partial charge in [-0.3, -0.25) is 0 Å². The summed E-state index contributed by atoms with van der Waals surface area (Å²) in [5, 5.41) is 11.4. The standard InChI is InChI=1S/C12H14FNO2/c1-9(14-7-3-6-12(15)16)10-4-2-5-11(13)8-10/h2-6,8-9,14H,7H2,1H3,(H,15,16)/b6-3+. The Morgan fingerprint density at radius 3 is 3.00 bits per heavy atom. The van der Waals surface area contributed by atoms with Crippen molar-refractivity contribution >= 4 is 5.97 Å². The molecule has 0 saturated heterocycles. The average molecular weight is 223 g/mol. The van der Waals surface area contributed by atoms with E-state index in [0.717, 1.165) is 11.6 Å². The van der Waals surface area contributed by atoms with E-state index in [1.54, 1.807) is 6.07 Å². The molecule has 16 heavy (non-hydrogen) atoms. The summed E-state index contributed by atoms with van der Waals surface area (Å²) < 4.78 is 12.9. The number of nitrogens with one attached hydrogen (secondary N) is 1. The zero-order valence-corrected chi connectivity index (χ0v) is 8.98. The number of aliphatic carboxylic acids is 1. The van der Waals surface area contributed by atoms with Crippen LogP contribution in [-0.4, -0.2) is 17.6 Å². The Balaban J connectivity index is 2.46. The lowest BCUT2D eigenvalue weighted by Gasteiger charge is -2.12. The van der Waals surface area contributed by atoms with Crippen molar-refractivity contribution in [2.24, 2.45) is 0 Å². The molecule has 4 heteroatoms. The summed E-state index contributed by atoms with van der Waals surface area (Å²) in [6.45, 7) is 2.33. The van der Waals surface area contributed by atoms with Gasteiger partial charge in [0, 0.05) is 18.7 Å². The molecule has 0 heterocycles. The fourth-order valence-corrected chi connectivity index (χ4v) is 1.30. The number of hydrogen-bond acceptors (Lipinski definition) is 2. The molecule has 0 aliphatic carbocycles. The summed E-state index contributed by atoms with van der Waals surface area (Å²) in [6.07, 6.45) is 2.59. The van der Waals surface area contributed by atoms with Crippen LogP contribution >= 0.6 is 0 Å². The fraction of sp³-hybridized carbons (Fsp3) is 0.250. The molecule has 1 aromatic carbocycles. The molecule has 0 fully saturated rings. The van der Waals surface area contributed by atoms with Crippen LogP contribution in [0.4, 0.5) is 4.39 Å². The van der Waals surface area contributed by atoms with Crippen molar-refractivity contribution in [3.05, 3.63) is 47.8 Å². The van der Waals surface area contributed by atoms with E-state index in [1.165, 1.54) is 18.2 Å². The van der Waals surface area contributed by atoms with Crippen LogP contribution in [0.25, 0.3) is 0 Å². The van der Waals surface area contributed by atoms with Crippen molar-refractivity contribution in [1.29, 1.82) is 0 Å². The van der Waals surface area contributed by atoms with E-state index >= 15 is 0 Å². The average Bonchev–Trinajstić information content (AvgIpc) is 2.24. The van der Waals surface area contributed by atoms with Gasteiger partial charge in [-0.05, 0) is 24.6 Å². The number of rotatable bonds is 5. The molecule has 0 aliphatic rings. The van der Waals surface area contributed by atoms with E-state index in [0.29, 0.717) is 6.54 Å². The largest absolute Gasteiger partial charge is 0.478 e. The number of carboxylic acids is 1. The van der Waals surface area contributed by atoms with E-state index in [9.17, 15) is 9.18 Å². The Labute approximate surface area is 93.6 Å². The molecular formula is C12H14FNO2. The molecule has 86 valence electrons. The van der Waals surface area contributed by atoms with Gasteiger partial charge in [0.2, 0.25) is 0 Å². The van der Waals surface area contributed by atoms with Crippen molar-refractivity contribution in [3.63, 3.8) is 0 Å². The maximum absolute atomic E-state index is 12.9. The molecule has 0 aliphatic heterocycles. The van der Waals surface area contributed by atoms with E-state index < -0.39 is 5.97 Å². The first-order chi connectivity index (χ1) is 7.59. The Kier molecular flexibility index (Phi) is 4.66. The summed E-state index contributed by atoms with van der Waals surface area (Å²) in [5.74, 6) is -1.24. The first-order valence-electron chi connectivity index (χ1n) is 4.98. The quantitative estimate of drug-likeness (QED) is 0.752. The maximum Gasteiger partial charge on any atom is 0.328 e. The molecule has 0 amide bonds. The van der Waals surface area contributed by atoms with E-state index in [-0.39, 0.29) is 11.9 Å². The van der Waals surface area contributed by atoms with Crippen molar-refractivity contribution in [2.45, 2.75) is 13.0 Å². The summed E-state index contributed by atoms with van der Waals surface area (Å²) in [6, 6.07) is 6.30. The number of halogens is 1. The third-order valence-electron chi connectivity index (χ3n) is 2.15. The highest BCUT2D eigenvalue weighted by Gasteiger charge is 2.03. The maximum atomic E-state index is 12.9. The van der Waals surface area contributed by atoms with E-state index in [4.69, 9.17) is 5.11 Å². The fourth-order valence-electron chi connectivity index (χ4n) is 1.30. The molecule has 0 saturated carbocycles. The van der Waals surface area contributed by atoms with Crippen LogP contribution in [0.1, 0.15) is 18.5 Å². The van der Waals surface area contributed by atoms with Gasteiger partial charge in [0.15, 0.2) is 0 Å². The van der Waals surface area contributed by atoms with Gasteiger partial charge < -0.3 is 10.4 Å². The molecule has 1 unspecified atom stereocenters. The van der Waals surface area contributed by atoms with E-state index in [2.05, 4.69) is 5.32 Å². The molecular weight excluding hydrogens is 209 g/mol. The number of benzene rings is 1. The lowest BCUT2D eigenvalue weighted by atomic mass is 10.1. The van der Waals surface area contributed by atoms with Gasteiger partial charge in [-0.15, -0.1) is 0 Å². The SMILES string of the molecule is CC(NC/C=C/C(=O)O)c1cccc(F)c1. The van der Waals surface area contributed by atoms with Gasteiger partial charge in [0.05, 0.1) is 0 Å². The van der Waals surface area contributed by atoms with Gasteiger partial charge >= 0.3 is 5.97 Å². The lowest BCUT2D eigenvalue weighted by molar-refractivity contribution is -0.131. The highest BCUT2D eigenvalue weighted by Crippen LogP contribution is 2.12. The highest BCUT2D eigenvalue weighted by atomic mass is 19.1. The number of carbonyl (C=O) groups is 1. The second-order valence-corrected chi connectivity index (χ2v) is 3.43. The molecule has 1 aromatic rings. The van der Waals surface area contributed by atoms with Crippen LogP contribution < -0.4 is 5.32 Å². The summed E-state index contributed by atoms with van der Waals surface area (Å²) in [5.41, 5.74) is 0.837. The van der Waals surface area contributed by atoms with Crippen LogP contribution in [0.5, 0.6) is 0 Å². The number of hydrogen-bond donors (Lipinski definition) is 2. The van der Waals surface area contributed by atoms with Crippen LogP contribution in [0, 0.1) is 5.82 Å². The zero-order valence-electron chi connectivity index (χ0n) is 8.98. The second kappa shape index (κ2) is 6.02. The topological polar surface area (TPSA) is 49.3 Å². The molecule has 1 atom stereocenters. The Hall–Kier alpha value is -1.68. The Morgan fingerprint density at radius 2 is 2.38 bits per heavy atom. The molecule has 0 radical (unpaired) electrons. The van der Waals surface area contributed by atoms with Crippen molar-refractivity contribution in [2.75, 3.05) is 6.54 Å². The van der Waals surface area contributed by atoms with Crippen LogP contribution in [0.2, 0.25) is 0 Å². The number of carboxylic acid groups (broad SMARTS) is 1. The molecule has 3 nitrogen and oxygen atoms in total. The van der Waals surface area contributed by atoms with Crippen molar-refractivity contribution < 1.29 is 14.3 Å². The van der Waals surface area contributed by atoms with Crippen LogP contribution in [0.3, 0.4) is 0 Å². The second-order valence-electron chi connectivity index (χ2n) is 3.43. The minimum Gasteiger partial charge on any atom is -0.478 e. The first-order valence-corrected chi connectivity index (χ1v) is 4.98. The predicted octanol–water partition coefficient (Wildman–Crippen LogP) is 2.12. The first kappa shape index (κ1) is 12.4. The summed E-state index contributed by atoms with van der Waals surface area (Å²) in [4.78, 5) is 10.2. The van der Waals surface area contributed by atoms with Gasteiger partial charge in [-0.2, -0.15) is 0 Å². The zero-order chi connectivity index (χ0) is 12.0. The smallest absolute Gasteiger partial charge is 0.328 e. The Morgan fingerprint density at radius 1 is 1.62 bits per heavy atom. The van der Waals surface area contributed by atoms with Crippen molar-refractivity contribution in [1.82, 2.24) is 5.32 Å². The molecule has 0 bridgehead atoms. The van der Waals surface area contributed by atoms with Crippen LogP contribution in [0.15, 0.2) is 36.4 Å². The monoisotopic (exact) mass is 223 g/mol. The molecule has 1 rings (SSSR count). The third kappa shape index (κ3) is 4.23. The highest BCUT2D eigenvalue weighted by molar-refractivity contribution is 5.79. The third-order valence-corrected chi connectivity index (χ3v) is 2.15. The minimum absolute atomic E-state index is 0.0193. The molecule has 0 aromatic heterocycles. The normalized spacial score (nSPS) is 12.9. The lowest BCUT2D eigenvalue weighted by Crippen LogP contribution is -2.18. The summed E-state index contributed by atoms with van der Waals surface area (Å²) in [7, 11) is 0. The van der Waals surface area contributed by atoms with Crippen molar-refractivity contribution in [3.8, 4) is 0 Å².